The Labute approximate surface area is 175 Å². The Morgan fingerprint density at radius 1 is 1.03 bits per heavy atom. The van der Waals surface area contributed by atoms with Crippen molar-refractivity contribution < 1.29 is 28.5 Å². The SMILES string of the molecule is CCOC(=O)Oc1ccc(C=NNC(=O)CCCc2ccc(OC)cc2)cc1OC. The minimum absolute atomic E-state index is 0.172. The van der Waals surface area contributed by atoms with Crippen molar-refractivity contribution in [2.24, 2.45) is 5.10 Å². The molecule has 0 bridgehead atoms. The van der Waals surface area contributed by atoms with Gasteiger partial charge >= 0.3 is 6.16 Å². The lowest BCUT2D eigenvalue weighted by Crippen LogP contribution is -2.17. The van der Waals surface area contributed by atoms with E-state index in [9.17, 15) is 9.59 Å². The van der Waals surface area contributed by atoms with Crippen molar-refractivity contribution in [3.63, 3.8) is 0 Å². The van der Waals surface area contributed by atoms with Crippen LogP contribution in [0.25, 0.3) is 0 Å². The average Bonchev–Trinajstić information content (AvgIpc) is 2.75. The predicted octanol–water partition coefficient (Wildman–Crippen LogP) is 3.71. The molecule has 2 rings (SSSR count). The van der Waals surface area contributed by atoms with Gasteiger partial charge in [0.25, 0.3) is 0 Å². The van der Waals surface area contributed by atoms with Crippen LogP contribution < -0.4 is 19.6 Å². The van der Waals surface area contributed by atoms with E-state index in [1.54, 1.807) is 32.2 Å². The van der Waals surface area contributed by atoms with E-state index in [1.807, 2.05) is 24.3 Å². The van der Waals surface area contributed by atoms with Crippen molar-refractivity contribution in [3.05, 3.63) is 53.6 Å². The number of hydrogen-bond acceptors (Lipinski definition) is 7. The normalized spacial score (nSPS) is 10.5. The zero-order valence-corrected chi connectivity index (χ0v) is 17.3. The summed E-state index contributed by atoms with van der Waals surface area (Å²) in [5, 5.41) is 3.96. The molecule has 160 valence electrons. The molecular formula is C22H26N2O6. The van der Waals surface area contributed by atoms with E-state index in [4.69, 9.17) is 18.9 Å². The quantitative estimate of drug-likeness (QED) is 0.276. The van der Waals surface area contributed by atoms with Crippen LogP contribution in [0.5, 0.6) is 17.2 Å². The molecule has 2 aromatic rings. The fourth-order valence-corrected chi connectivity index (χ4v) is 2.57. The molecule has 2 aromatic carbocycles. The van der Waals surface area contributed by atoms with Gasteiger partial charge in [-0.05, 0) is 61.2 Å². The molecule has 0 fully saturated rings. The predicted molar refractivity (Wildman–Crippen MR) is 112 cm³/mol. The largest absolute Gasteiger partial charge is 0.513 e. The van der Waals surface area contributed by atoms with Gasteiger partial charge in [-0.15, -0.1) is 0 Å². The van der Waals surface area contributed by atoms with Crippen molar-refractivity contribution in [2.75, 3.05) is 20.8 Å². The fourth-order valence-electron chi connectivity index (χ4n) is 2.57. The first-order valence-corrected chi connectivity index (χ1v) is 9.53. The second-order valence-corrected chi connectivity index (χ2v) is 6.19. The number of carbonyl (C=O) groups is 2. The first kappa shape index (κ1) is 22.7. The van der Waals surface area contributed by atoms with Gasteiger partial charge in [0.15, 0.2) is 11.5 Å². The van der Waals surface area contributed by atoms with E-state index in [2.05, 4.69) is 10.5 Å². The van der Waals surface area contributed by atoms with E-state index >= 15 is 0 Å². The third kappa shape index (κ3) is 7.46. The summed E-state index contributed by atoms with van der Waals surface area (Å²) in [6.07, 6.45) is 2.54. The summed E-state index contributed by atoms with van der Waals surface area (Å²) in [4.78, 5) is 23.4. The monoisotopic (exact) mass is 414 g/mol. The van der Waals surface area contributed by atoms with Gasteiger partial charge in [0.2, 0.25) is 5.91 Å². The minimum Gasteiger partial charge on any atom is -0.497 e. The van der Waals surface area contributed by atoms with Gasteiger partial charge in [-0.1, -0.05) is 12.1 Å². The smallest absolute Gasteiger partial charge is 0.497 e. The van der Waals surface area contributed by atoms with Crippen LogP contribution >= 0.6 is 0 Å². The van der Waals surface area contributed by atoms with Crippen molar-refractivity contribution >= 4 is 18.3 Å². The van der Waals surface area contributed by atoms with Crippen molar-refractivity contribution in [3.8, 4) is 17.2 Å². The molecule has 0 aliphatic rings. The van der Waals surface area contributed by atoms with Gasteiger partial charge in [-0.3, -0.25) is 4.79 Å². The van der Waals surface area contributed by atoms with Crippen LogP contribution in [0.1, 0.15) is 30.9 Å². The lowest BCUT2D eigenvalue weighted by Gasteiger charge is -2.09. The zero-order valence-electron chi connectivity index (χ0n) is 17.3. The Kier molecular flexibility index (Phi) is 9.18. The minimum atomic E-state index is -0.806. The molecule has 0 aliphatic carbocycles. The van der Waals surface area contributed by atoms with E-state index in [1.165, 1.54) is 13.3 Å². The third-order valence-corrected chi connectivity index (χ3v) is 4.07. The standard InChI is InChI=1S/C22H26N2O6/c1-4-29-22(26)30-19-13-10-17(14-20(19)28-3)15-23-24-21(25)7-5-6-16-8-11-18(27-2)12-9-16/h8-15H,4-7H2,1-3H3,(H,24,25). The molecule has 0 unspecified atom stereocenters. The van der Waals surface area contributed by atoms with Crippen LogP contribution in [-0.4, -0.2) is 39.1 Å². The summed E-state index contributed by atoms with van der Waals surface area (Å²) in [5.41, 5.74) is 4.31. The molecule has 0 spiro atoms. The average molecular weight is 414 g/mol. The number of benzene rings is 2. The van der Waals surface area contributed by atoms with Crippen LogP contribution in [0.2, 0.25) is 0 Å². The Bertz CT molecular complexity index is 864. The number of nitrogens with zero attached hydrogens (tertiary/aromatic N) is 1. The molecule has 0 saturated carbocycles. The third-order valence-electron chi connectivity index (χ3n) is 4.07. The number of carbonyl (C=O) groups excluding carboxylic acids is 2. The van der Waals surface area contributed by atoms with E-state index in [0.29, 0.717) is 24.2 Å². The maximum Gasteiger partial charge on any atom is 0.513 e. The lowest BCUT2D eigenvalue weighted by molar-refractivity contribution is -0.121. The number of amides is 1. The van der Waals surface area contributed by atoms with E-state index in [0.717, 1.165) is 17.7 Å². The number of hydrazone groups is 1. The highest BCUT2D eigenvalue weighted by atomic mass is 16.7. The fraction of sp³-hybridized carbons (Fsp3) is 0.318. The maximum absolute atomic E-state index is 11.9. The second kappa shape index (κ2) is 12.1. The summed E-state index contributed by atoms with van der Waals surface area (Å²) in [7, 11) is 3.08. The van der Waals surface area contributed by atoms with Crippen LogP contribution in [0.15, 0.2) is 47.6 Å². The summed E-state index contributed by atoms with van der Waals surface area (Å²) < 4.78 is 20.1. The number of nitrogens with one attached hydrogen (secondary N) is 1. The molecule has 0 aliphatic heterocycles. The van der Waals surface area contributed by atoms with E-state index in [-0.39, 0.29) is 18.3 Å². The molecule has 1 N–H and O–H groups in total. The summed E-state index contributed by atoms with van der Waals surface area (Å²) in [6.45, 7) is 1.90. The Morgan fingerprint density at radius 3 is 2.47 bits per heavy atom. The van der Waals surface area contributed by atoms with Gasteiger partial charge in [-0.25, -0.2) is 10.2 Å². The topological polar surface area (TPSA) is 95.5 Å². The molecule has 8 heteroatoms. The number of rotatable bonds is 10. The zero-order chi connectivity index (χ0) is 21.8. The molecular weight excluding hydrogens is 388 g/mol. The van der Waals surface area contributed by atoms with Crippen LogP contribution in [0, 0.1) is 0 Å². The Hall–Kier alpha value is -3.55. The maximum atomic E-state index is 11.9. The molecule has 8 nitrogen and oxygen atoms in total. The second-order valence-electron chi connectivity index (χ2n) is 6.19. The summed E-state index contributed by atoms with van der Waals surface area (Å²) >= 11 is 0. The number of hydrogen-bond donors (Lipinski definition) is 1. The molecule has 0 aromatic heterocycles. The highest BCUT2D eigenvalue weighted by Crippen LogP contribution is 2.27. The van der Waals surface area contributed by atoms with Crippen LogP contribution in [0.3, 0.4) is 0 Å². The van der Waals surface area contributed by atoms with Gasteiger partial charge in [0.1, 0.15) is 5.75 Å². The number of ether oxygens (including phenoxy) is 4. The number of aryl methyl sites for hydroxylation is 1. The highest BCUT2D eigenvalue weighted by molar-refractivity contribution is 5.83. The Balaban J connectivity index is 1.80. The molecule has 0 saturated heterocycles. The van der Waals surface area contributed by atoms with Gasteiger partial charge in [0, 0.05) is 6.42 Å². The van der Waals surface area contributed by atoms with Crippen molar-refractivity contribution in [1.82, 2.24) is 5.43 Å². The summed E-state index contributed by atoms with van der Waals surface area (Å²) in [6, 6.07) is 12.6. The molecule has 0 atom stereocenters. The van der Waals surface area contributed by atoms with Gasteiger partial charge in [0.05, 0.1) is 27.0 Å². The Morgan fingerprint density at radius 2 is 1.80 bits per heavy atom. The lowest BCUT2D eigenvalue weighted by atomic mass is 10.1. The first-order chi connectivity index (χ1) is 14.5. The van der Waals surface area contributed by atoms with Crippen LogP contribution in [0.4, 0.5) is 4.79 Å². The molecule has 30 heavy (non-hydrogen) atoms. The van der Waals surface area contributed by atoms with E-state index < -0.39 is 6.16 Å². The van der Waals surface area contributed by atoms with Crippen LogP contribution in [-0.2, 0) is 16.0 Å². The van der Waals surface area contributed by atoms with Crippen molar-refractivity contribution in [2.45, 2.75) is 26.2 Å². The highest BCUT2D eigenvalue weighted by Gasteiger charge is 2.11. The van der Waals surface area contributed by atoms with Gasteiger partial charge < -0.3 is 18.9 Å². The van der Waals surface area contributed by atoms with Crippen molar-refractivity contribution in [1.29, 1.82) is 0 Å². The van der Waals surface area contributed by atoms with Gasteiger partial charge in [-0.2, -0.15) is 5.10 Å². The molecule has 0 radical (unpaired) electrons. The molecule has 0 heterocycles. The molecule has 1 amide bonds. The first-order valence-electron chi connectivity index (χ1n) is 9.53. The number of methoxy groups -OCH3 is 2. The summed E-state index contributed by atoms with van der Waals surface area (Å²) in [5.74, 6) is 1.21.